The van der Waals surface area contributed by atoms with Crippen molar-refractivity contribution in [3.05, 3.63) is 47.2 Å². The molecule has 5 nitrogen and oxygen atoms in total. The lowest BCUT2D eigenvalue weighted by Gasteiger charge is -2.27. The van der Waals surface area contributed by atoms with Crippen molar-refractivity contribution in [2.45, 2.75) is 44.4 Å². The van der Waals surface area contributed by atoms with E-state index in [2.05, 4.69) is 15.3 Å². The number of ether oxygens (including phenoxy) is 1. The highest BCUT2D eigenvalue weighted by atomic mass is 35.5. The third kappa shape index (κ3) is 3.92. The number of aromatic nitrogens is 2. The molecule has 0 aliphatic heterocycles. The van der Waals surface area contributed by atoms with Gasteiger partial charge in [0.1, 0.15) is 12.4 Å². The van der Waals surface area contributed by atoms with Gasteiger partial charge in [0.2, 0.25) is 0 Å². The number of aliphatic hydroxyl groups excluding tert-OH is 1. The Hall–Kier alpha value is -1.89. The van der Waals surface area contributed by atoms with Gasteiger partial charge in [-0.2, -0.15) is 0 Å². The fraction of sp³-hybridized carbons (Fsp3) is 0.368. The molecule has 136 valence electrons. The zero-order valence-corrected chi connectivity index (χ0v) is 15.8. The molecule has 0 radical (unpaired) electrons. The molecule has 4 rings (SSSR count). The van der Waals surface area contributed by atoms with Gasteiger partial charge in [-0.15, -0.1) is 0 Å². The maximum atomic E-state index is 10.1. The molecule has 2 atom stereocenters. The molecular formula is C19H20ClN3O2S. The van der Waals surface area contributed by atoms with Gasteiger partial charge in [0, 0.05) is 18.0 Å². The number of pyridine rings is 1. The van der Waals surface area contributed by atoms with E-state index < -0.39 is 0 Å². The monoisotopic (exact) mass is 389 g/mol. The first kappa shape index (κ1) is 17.5. The van der Waals surface area contributed by atoms with Crippen molar-refractivity contribution < 1.29 is 9.84 Å². The summed E-state index contributed by atoms with van der Waals surface area (Å²) in [6, 6.07) is 7.80. The predicted molar refractivity (Wildman–Crippen MR) is 105 cm³/mol. The lowest BCUT2D eigenvalue weighted by molar-refractivity contribution is 0.116. The molecule has 0 bridgehead atoms. The largest absolute Gasteiger partial charge is 0.489 e. The standard InChI is InChI=1S/C19H20ClN3O2S/c20-14-10-21-8-7-12(14)11-25-13-5-6-16-18(9-13)26-19(23-16)22-15-3-1-2-4-17(15)24/h5-10,15,17,24H,1-4,11H2,(H,22,23)/t15-,17-/m0/s1. The van der Waals surface area contributed by atoms with Crippen LogP contribution < -0.4 is 10.1 Å². The molecule has 26 heavy (non-hydrogen) atoms. The number of benzene rings is 1. The van der Waals surface area contributed by atoms with Crippen molar-refractivity contribution in [2.75, 3.05) is 5.32 Å². The van der Waals surface area contributed by atoms with Gasteiger partial charge in [-0.25, -0.2) is 4.98 Å². The van der Waals surface area contributed by atoms with Crippen molar-refractivity contribution in [3.8, 4) is 5.75 Å². The van der Waals surface area contributed by atoms with Crippen molar-refractivity contribution >= 4 is 38.3 Å². The van der Waals surface area contributed by atoms with Crippen LogP contribution in [0.1, 0.15) is 31.2 Å². The van der Waals surface area contributed by atoms with Gasteiger partial charge >= 0.3 is 0 Å². The van der Waals surface area contributed by atoms with Crippen molar-refractivity contribution in [2.24, 2.45) is 0 Å². The second-order valence-electron chi connectivity index (χ2n) is 6.51. The number of nitrogens with one attached hydrogen (secondary N) is 1. The Morgan fingerprint density at radius 1 is 1.27 bits per heavy atom. The van der Waals surface area contributed by atoms with E-state index >= 15 is 0 Å². The van der Waals surface area contributed by atoms with Crippen LogP contribution in [0.2, 0.25) is 5.02 Å². The number of hydrogen-bond acceptors (Lipinski definition) is 6. The Labute approximate surface area is 161 Å². The number of anilines is 1. The van der Waals surface area contributed by atoms with Crippen LogP contribution in [0, 0.1) is 0 Å². The summed E-state index contributed by atoms with van der Waals surface area (Å²) < 4.78 is 6.92. The molecule has 0 unspecified atom stereocenters. The predicted octanol–water partition coefficient (Wildman–Crippen LogP) is 4.64. The average Bonchev–Trinajstić information content (AvgIpc) is 3.04. The SMILES string of the molecule is O[C@H]1CCCC[C@@H]1Nc1nc2ccc(OCc3ccncc3Cl)cc2s1. The molecule has 2 aromatic heterocycles. The van der Waals surface area contributed by atoms with E-state index in [9.17, 15) is 5.11 Å². The van der Waals surface area contributed by atoms with Crippen LogP contribution in [0.4, 0.5) is 5.13 Å². The number of fused-ring (bicyclic) bond motifs is 1. The number of nitrogens with zero attached hydrogens (tertiary/aromatic N) is 2. The molecule has 2 heterocycles. The van der Waals surface area contributed by atoms with Gasteiger partial charge < -0.3 is 15.2 Å². The molecule has 1 aliphatic rings. The van der Waals surface area contributed by atoms with Crippen LogP contribution in [0.3, 0.4) is 0 Å². The molecule has 2 N–H and O–H groups in total. The van der Waals surface area contributed by atoms with Gasteiger partial charge in [0.25, 0.3) is 0 Å². The Morgan fingerprint density at radius 3 is 3.00 bits per heavy atom. The summed E-state index contributed by atoms with van der Waals surface area (Å²) >= 11 is 7.70. The maximum absolute atomic E-state index is 10.1. The summed E-state index contributed by atoms with van der Waals surface area (Å²) in [7, 11) is 0. The highest BCUT2D eigenvalue weighted by molar-refractivity contribution is 7.22. The number of aliphatic hydroxyl groups is 1. The molecular weight excluding hydrogens is 370 g/mol. The number of rotatable bonds is 5. The number of thiazole rings is 1. The first-order valence-electron chi connectivity index (χ1n) is 8.75. The van der Waals surface area contributed by atoms with Gasteiger partial charge in [-0.05, 0) is 37.1 Å². The molecule has 1 saturated carbocycles. The zero-order valence-electron chi connectivity index (χ0n) is 14.2. The average molecular weight is 390 g/mol. The minimum absolute atomic E-state index is 0.0915. The van der Waals surface area contributed by atoms with Crippen LogP contribution in [0.5, 0.6) is 5.75 Å². The Kier molecular flexibility index (Phi) is 5.24. The summed E-state index contributed by atoms with van der Waals surface area (Å²) in [5.74, 6) is 0.776. The highest BCUT2D eigenvalue weighted by Crippen LogP contribution is 2.31. The Balaban J connectivity index is 1.46. The fourth-order valence-electron chi connectivity index (χ4n) is 3.18. The maximum Gasteiger partial charge on any atom is 0.184 e. The summed E-state index contributed by atoms with van der Waals surface area (Å²) in [5.41, 5.74) is 1.83. The minimum Gasteiger partial charge on any atom is -0.489 e. The second kappa shape index (κ2) is 7.78. The minimum atomic E-state index is -0.292. The van der Waals surface area contributed by atoms with E-state index in [1.165, 1.54) is 0 Å². The lowest BCUT2D eigenvalue weighted by atomic mass is 9.93. The van der Waals surface area contributed by atoms with Crippen LogP contribution >= 0.6 is 22.9 Å². The summed E-state index contributed by atoms with van der Waals surface area (Å²) in [6.45, 7) is 0.394. The van der Waals surface area contributed by atoms with E-state index in [0.717, 1.165) is 52.3 Å². The van der Waals surface area contributed by atoms with Crippen molar-refractivity contribution in [1.29, 1.82) is 0 Å². The lowest BCUT2D eigenvalue weighted by Crippen LogP contribution is -2.36. The van der Waals surface area contributed by atoms with Crippen LogP contribution in [-0.4, -0.2) is 27.2 Å². The van der Waals surface area contributed by atoms with Crippen LogP contribution in [-0.2, 0) is 6.61 Å². The Morgan fingerprint density at radius 2 is 2.15 bits per heavy atom. The molecule has 3 aromatic rings. The first-order chi connectivity index (χ1) is 12.7. The molecule has 1 aromatic carbocycles. The van der Waals surface area contributed by atoms with Gasteiger partial charge in [-0.1, -0.05) is 35.8 Å². The number of hydrogen-bond donors (Lipinski definition) is 2. The quantitative estimate of drug-likeness (QED) is 0.665. The molecule has 7 heteroatoms. The molecule has 0 spiro atoms. The van der Waals surface area contributed by atoms with E-state index in [4.69, 9.17) is 16.3 Å². The van der Waals surface area contributed by atoms with E-state index in [1.807, 2.05) is 24.3 Å². The first-order valence-corrected chi connectivity index (χ1v) is 9.95. The fourth-order valence-corrected chi connectivity index (χ4v) is 4.31. The zero-order chi connectivity index (χ0) is 17.9. The molecule has 1 fully saturated rings. The highest BCUT2D eigenvalue weighted by Gasteiger charge is 2.23. The topological polar surface area (TPSA) is 67.3 Å². The van der Waals surface area contributed by atoms with E-state index in [0.29, 0.717) is 11.6 Å². The molecule has 0 amide bonds. The van der Waals surface area contributed by atoms with Crippen molar-refractivity contribution in [3.63, 3.8) is 0 Å². The second-order valence-corrected chi connectivity index (χ2v) is 7.94. The summed E-state index contributed by atoms with van der Waals surface area (Å²) in [4.78, 5) is 8.60. The third-order valence-electron chi connectivity index (χ3n) is 4.65. The van der Waals surface area contributed by atoms with Gasteiger partial charge in [0.05, 0.1) is 27.4 Å². The molecule has 1 aliphatic carbocycles. The summed E-state index contributed by atoms with van der Waals surface area (Å²) in [6.07, 6.45) is 7.12. The Bertz CT molecular complexity index is 901. The van der Waals surface area contributed by atoms with Gasteiger partial charge in [0.15, 0.2) is 5.13 Å². The van der Waals surface area contributed by atoms with Crippen LogP contribution in [0.15, 0.2) is 36.7 Å². The van der Waals surface area contributed by atoms with E-state index in [-0.39, 0.29) is 12.1 Å². The summed E-state index contributed by atoms with van der Waals surface area (Å²) in [5, 5.41) is 15.0. The smallest absolute Gasteiger partial charge is 0.184 e. The number of halogens is 1. The normalized spacial score (nSPS) is 20.2. The van der Waals surface area contributed by atoms with E-state index in [1.54, 1.807) is 23.7 Å². The van der Waals surface area contributed by atoms with Crippen LogP contribution in [0.25, 0.3) is 10.2 Å². The van der Waals surface area contributed by atoms with Crippen molar-refractivity contribution in [1.82, 2.24) is 9.97 Å². The van der Waals surface area contributed by atoms with Gasteiger partial charge in [-0.3, -0.25) is 4.98 Å². The molecule has 0 saturated heterocycles. The third-order valence-corrected chi connectivity index (χ3v) is 5.94.